The minimum atomic E-state index is -0.256. The summed E-state index contributed by atoms with van der Waals surface area (Å²) >= 11 is 1.87. The summed E-state index contributed by atoms with van der Waals surface area (Å²) in [4.78, 5) is 4.98. The number of thiophene rings is 1. The van der Waals surface area contributed by atoms with E-state index in [1.54, 1.807) is 0 Å². The van der Waals surface area contributed by atoms with Gasteiger partial charge in [0.1, 0.15) is 0 Å². The monoisotopic (exact) mass is 633 g/mol. The number of fused-ring (bicyclic) bond motifs is 7. The third kappa shape index (κ3) is 4.82. The number of hydrogen-bond acceptors (Lipinski definition) is 3. The van der Waals surface area contributed by atoms with Crippen LogP contribution in [0, 0.1) is 0 Å². The van der Waals surface area contributed by atoms with E-state index in [0.29, 0.717) is 0 Å². The number of rotatable bonds is 6. The van der Waals surface area contributed by atoms with Gasteiger partial charge in [0.15, 0.2) is 0 Å². The average Bonchev–Trinajstić information content (AvgIpc) is 3.70. The van der Waals surface area contributed by atoms with Gasteiger partial charge in [0.2, 0.25) is 0 Å². The molecular formula is C44H31N3S. The van der Waals surface area contributed by atoms with Gasteiger partial charge in [-0.3, -0.25) is 4.99 Å². The molecule has 7 aromatic carbocycles. The maximum absolute atomic E-state index is 6.72. The van der Waals surface area contributed by atoms with Crippen LogP contribution in [-0.2, 0) is 0 Å². The largest absolute Gasteiger partial charge is 0.320 e. The second-order valence-corrected chi connectivity index (χ2v) is 13.2. The Labute approximate surface area is 282 Å². The molecule has 0 spiro atoms. The van der Waals surface area contributed by atoms with Crippen LogP contribution in [0.4, 0.5) is 5.69 Å². The van der Waals surface area contributed by atoms with Gasteiger partial charge in [-0.05, 0) is 64.2 Å². The summed E-state index contributed by atoms with van der Waals surface area (Å²) in [5, 5.41) is 5.09. The first-order valence-electron chi connectivity index (χ1n) is 16.2. The number of benzene rings is 7. The van der Waals surface area contributed by atoms with Gasteiger partial charge in [0, 0.05) is 38.1 Å². The van der Waals surface area contributed by atoms with Crippen LogP contribution in [0.1, 0.15) is 22.7 Å². The molecule has 0 radical (unpaired) electrons. The van der Waals surface area contributed by atoms with E-state index in [-0.39, 0.29) is 6.04 Å². The lowest BCUT2D eigenvalue weighted by atomic mass is 9.98. The molecule has 0 bridgehead atoms. The molecule has 0 aliphatic carbocycles. The highest BCUT2D eigenvalue weighted by atomic mass is 32.1. The van der Waals surface area contributed by atoms with Crippen molar-refractivity contribution < 1.29 is 0 Å². The predicted molar refractivity (Wildman–Crippen MR) is 205 cm³/mol. The molecule has 0 saturated carbocycles. The van der Waals surface area contributed by atoms with Crippen molar-refractivity contribution >= 4 is 65.2 Å². The fourth-order valence-corrected chi connectivity index (χ4v) is 8.20. The molecule has 2 heterocycles. The first-order chi connectivity index (χ1) is 23.7. The van der Waals surface area contributed by atoms with E-state index in [1.807, 2.05) is 53.9 Å². The summed E-state index contributed by atoms with van der Waals surface area (Å²) < 4.78 is 5.04. The third-order valence-corrected chi connectivity index (χ3v) is 10.5. The van der Waals surface area contributed by atoms with Crippen molar-refractivity contribution in [1.82, 2.24) is 4.57 Å². The fraction of sp³-hybridized carbons (Fsp3) is 0.0227. The van der Waals surface area contributed by atoms with E-state index in [1.165, 1.54) is 53.1 Å². The predicted octanol–water partition coefficient (Wildman–Crippen LogP) is 11.6. The van der Waals surface area contributed by atoms with Crippen molar-refractivity contribution in [2.75, 3.05) is 0 Å². The second kappa shape index (κ2) is 11.8. The Bertz CT molecular complexity index is 2630. The molecule has 0 aliphatic rings. The van der Waals surface area contributed by atoms with Crippen LogP contribution in [0.25, 0.3) is 58.8 Å². The minimum absolute atomic E-state index is 0.256. The number of para-hydroxylation sites is 1. The molecule has 2 aromatic heterocycles. The van der Waals surface area contributed by atoms with Crippen molar-refractivity contribution in [3.05, 3.63) is 180 Å². The van der Waals surface area contributed by atoms with Crippen LogP contribution < -0.4 is 5.73 Å². The SMILES string of the molecule is NC(c1ccccc1)c1ccccc1N=Cc1cccc(-n2c3ccc(-c4ccccc4)cc3c3ccc4c5ccccc5sc4c32)c1. The summed E-state index contributed by atoms with van der Waals surface area (Å²) in [5.74, 6) is 0. The zero-order valence-corrected chi connectivity index (χ0v) is 26.9. The van der Waals surface area contributed by atoms with Crippen molar-refractivity contribution in [3.63, 3.8) is 0 Å². The number of aromatic nitrogens is 1. The van der Waals surface area contributed by atoms with Crippen LogP contribution in [-0.4, -0.2) is 10.8 Å². The molecule has 9 rings (SSSR count). The van der Waals surface area contributed by atoms with Gasteiger partial charge < -0.3 is 10.3 Å². The van der Waals surface area contributed by atoms with Crippen molar-refractivity contribution in [2.24, 2.45) is 10.7 Å². The molecule has 3 nitrogen and oxygen atoms in total. The highest BCUT2D eigenvalue weighted by Gasteiger charge is 2.19. The summed E-state index contributed by atoms with van der Waals surface area (Å²) in [6.45, 7) is 0. The molecule has 1 atom stereocenters. The third-order valence-electron chi connectivity index (χ3n) is 9.29. The fourth-order valence-electron chi connectivity index (χ4n) is 6.96. The molecule has 2 N–H and O–H groups in total. The van der Waals surface area contributed by atoms with E-state index < -0.39 is 0 Å². The molecule has 0 amide bonds. The number of aliphatic imine (C=N–C) groups is 1. The molecule has 9 aromatic rings. The standard InChI is InChI=1S/C44H31N3S/c45-42(31-15-5-2-6-16-31)37-19-7-9-20-39(37)46-28-29-12-11-17-33(26-29)47-40-25-22-32(30-13-3-1-4-14-30)27-38(40)35-23-24-36-34-18-8-10-21-41(34)48-44(36)43(35)47/h1-28,42H,45H2. The van der Waals surface area contributed by atoms with Gasteiger partial charge in [0.05, 0.1) is 27.5 Å². The van der Waals surface area contributed by atoms with Gasteiger partial charge in [-0.25, -0.2) is 0 Å². The maximum atomic E-state index is 6.72. The van der Waals surface area contributed by atoms with E-state index in [0.717, 1.165) is 28.1 Å². The molecule has 0 fully saturated rings. The van der Waals surface area contributed by atoms with Crippen molar-refractivity contribution in [2.45, 2.75) is 6.04 Å². The van der Waals surface area contributed by atoms with Gasteiger partial charge in [-0.1, -0.05) is 127 Å². The Kier molecular flexibility index (Phi) is 6.97. The molecule has 48 heavy (non-hydrogen) atoms. The number of nitrogens with two attached hydrogens (primary N) is 1. The minimum Gasteiger partial charge on any atom is -0.320 e. The number of hydrogen-bond donors (Lipinski definition) is 1. The normalized spacial score (nSPS) is 12.5. The van der Waals surface area contributed by atoms with E-state index in [2.05, 4.69) is 132 Å². The van der Waals surface area contributed by atoms with Crippen LogP contribution >= 0.6 is 11.3 Å². The summed E-state index contributed by atoms with van der Waals surface area (Å²) in [7, 11) is 0. The zero-order chi connectivity index (χ0) is 32.0. The van der Waals surface area contributed by atoms with Crippen LogP contribution in [0.15, 0.2) is 169 Å². The van der Waals surface area contributed by atoms with Gasteiger partial charge in [-0.15, -0.1) is 11.3 Å². The Balaban J connectivity index is 1.21. The van der Waals surface area contributed by atoms with Crippen molar-refractivity contribution in [3.8, 4) is 16.8 Å². The van der Waals surface area contributed by atoms with Gasteiger partial charge >= 0.3 is 0 Å². The topological polar surface area (TPSA) is 43.3 Å². The molecule has 0 aliphatic heterocycles. The Morgan fingerprint density at radius 1 is 0.583 bits per heavy atom. The van der Waals surface area contributed by atoms with Crippen LogP contribution in [0.5, 0.6) is 0 Å². The van der Waals surface area contributed by atoms with Crippen molar-refractivity contribution in [1.29, 1.82) is 0 Å². The Hall–Kier alpha value is -5.81. The Morgan fingerprint density at radius 3 is 2.21 bits per heavy atom. The highest BCUT2D eigenvalue weighted by Crippen LogP contribution is 2.43. The summed E-state index contributed by atoms with van der Waals surface area (Å²) in [6, 6.07) is 57.6. The van der Waals surface area contributed by atoms with E-state index in [9.17, 15) is 0 Å². The quantitative estimate of drug-likeness (QED) is 0.182. The van der Waals surface area contributed by atoms with E-state index in [4.69, 9.17) is 10.7 Å². The molecular weight excluding hydrogens is 603 g/mol. The first kappa shape index (κ1) is 28.4. The zero-order valence-electron chi connectivity index (χ0n) is 26.1. The highest BCUT2D eigenvalue weighted by molar-refractivity contribution is 7.26. The summed E-state index contributed by atoms with van der Waals surface area (Å²) in [5.41, 5.74) is 16.6. The lowest BCUT2D eigenvalue weighted by molar-refractivity contribution is 0.872. The van der Waals surface area contributed by atoms with Crippen LogP contribution in [0.2, 0.25) is 0 Å². The molecule has 1 unspecified atom stereocenters. The molecule has 0 saturated heterocycles. The molecule has 228 valence electrons. The maximum Gasteiger partial charge on any atom is 0.0719 e. The number of nitrogens with zero attached hydrogens (tertiary/aromatic N) is 2. The van der Waals surface area contributed by atoms with Gasteiger partial charge in [0.25, 0.3) is 0 Å². The average molecular weight is 634 g/mol. The first-order valence-corrected chi connectivity index (χ1v) is 17.0. The summed E-state index contributed by atoms with van der Waals surface area (Å²) in [6.07, 6.45) is 1.95. The lowest BCUT2D eigenvalue weighted by Crippen LogP contribution is -2.11. The van der Waals surface area contributed by atoms with Crippen LogP contribution in [0.3, 0.4) is 0 Å². The lowest BCUT2D eigenvalue weighted by Gasteiger charge is -2.14. The molecule has 4 heteroatoms. The van der Waals surface area contributed by atoms with Gasteiger partial charge in [-0.2, -0.15) is 0 Å². The van der Waals surface area contributed by atoms with E-state index >= 15 is 0 Å². The Morgan fingerprint density at radius 2 is 1.33 bits per heavy atom. The second-order valence-electron chi connectivity index (χ2n) is 12.2. The smallest absolute Gasteiger partial charge is 0.0719 e.